The third-order valence-corrected chi connectivity index (χ3v) is 8.11. The largest absolute Gasteiger partial charge is 0.418 e. The van der Waals surface area contributed by atoms with E-state index >= 15 is 0 Å². The van der Waals surface area contributed by atoms with E-state index in [9.17, 15) is 22.4 Å². The maximum Gasteiger partial charge on any atom is 0.418 e. The van der Waals surface area contributed by atoms with Gasteiger partial charge in [0, 0.05) is 62.9 Å². The Kier molecular flexibility index (Phi) is 10.4. The first-order valence-corrected chi connectivity index (χ1v) is 15.4. The quantitative estimate of drug-likeness (QED) is 0.283. The number of benzene rings is 2. The molecular formula is C33H39F4N9O. The molecular weight excluding hydrogens is 614 g/mol. The molecule has 47 heavy (non-hydrogen) atoms. The number of rotatable bonds is 9. The highest BCUT2D eigenvalue weighted by molar-refractivity contribution is 5.95. The lowest BCUT2D eigenvalue weighted by molar-refractivity contribution is -0.137. The number of likely N-dealkylation sites (N-methyl/N-ethyl adjacent to an activating group) is 2. The molecule has 2 aliphatic heterocycles. The Morgan fingerprint density at radius 1 is 1.04 bits per heavy atom. The minimum atomic E-state index is -4.60. The van der Waals surface area contributed by atoms with E-state index in [1.54, 1.807) is 30.3 Å². The van der Waals surface area contributed by atoms with Crippen molar-refractivity contribution in [1.29, 1.82) is 0 Å². The first-order valence-electron chi connectivity index (χ1n) is 15.4. The lowest BCUT2D eigenvalue weighted by Crippen LogP contribution is -2.38. The lowest BCUT2D eigenvalue weighted by atomic mass is 10.1. The zero-order valence-corrected chi connectivity index (χ0v) is 26.9. The molecule has 10 nitrogen and oxygen atoms in total. The summed E-state index contributed by atoms with van der Waals surface area (Å²) in [5, 5.41) is 5.95. The van der Waals surface area contributed by atoms with Crippen molar-refractivity contribution in [2.24, 2.45) is 9.98 Å². The topological polar surface area (TPSA) is 101 Å². The Hall–Kier alpha value is -4.59. The van der Waals surface area contributed by atoms with Gasteiger partial charge in [-0.05, 0) is 69.3 Å². The minimum Gasteiger partial charge on any atom is -0.373 e. The highest BCUT2D eigenvalue weighted by Crippen LogP contribution is 2.38. The van der Waals surface area contributed by atoms with Gasteiger partial charge in [0.15, 0.2) is 5.82 Å². The third kappa shape index (κ3) is 8.61. The Morgan fingerprint density at radius 2 is 1.81 bits per heavy atom. The number of alkyl halides is 4. The predicted octanol–water partition coefficient (Wildman–Crippen LogP) is 5.77. The highest BCUT2D eigenvalue weighted by Gasteiger charge is 2.35. The zero-order valence-electron chi connectivity index (χ0n) is 26.9. The summed E-state index contributed by atoms with van der Waals surface area (Å²) in [6.07, 6.45) is -1.03. The Balaban J connectivity index is 1.32. The van der Waals surface area contributed by atoms with Crippen LogP contribution in [0.3, 0.4) is 0 Å². The van der Waals surface area contributed by atoms with E-state index < -0.39 is 23.8 Å². The molecule has 0 radical (unpaired) electrons. The number of aliphatic imine (C=N–C) groups is 2. The number of aromatic nitrogens is 2. The summed E-state index contributed by atoms with van der Waals surface area (Å²) < 4.78 is 55.7. The summed E-state index contributed by atoms with van der Waals surface area (Å²) in [6, 6.07) is 9.29. The van der Waals surface area contributed by atoms with Crippen LogP contribution in [0.4, 0.5) is 46.1 Å². The number of carbonyl (C=O) groups excluding carboxylic acids is 1. The molecule has 2 aromatic carbocycles. The van der Waals surface area contributed by atoms with Gasteiger partial charge in [-0.2, -0.15) is 13.2 Å². The van der Waals surface area contributed by atoms with Crippen molar-refractivity contribution in [2.75, 3.05) is 62.9 Å². The smallest absolute Gasteiger partial charge is 0.373 e. The van der Waals surface area contributed by atoms with E-state index in [1.807, 2.05) is 36.9 Å². The number of aryl methyl sites for hydroxylation is 1. The van der Waals surface area contributed by atoms with Gasteiger partial charge in [-0.15, -0.1) is 0 Å². The number of amides is 1. The molecule has 250 valence electrons. The van der Waals surface area contributed by atoms with Crippen molar-refractivity contribution in [1.82, 2.24) is 19.8 Å². The zero-order chi connectivity index (χ0) is 33.7. The van der Waals surface area contributed by atoms with Crippen molar-refractivity contribution in [3.63, 3.8) is 0 Å². The number of fused-ring (bicyclic) bond motifs is 1. The predicted molar refractivity (Wildman–Crippen MR) is 177 cm³/mol. The van der Waals surface area contributed by atoms with Crippen LogP contribution in [0.5, 0.6) is 0 Å². The Morgan fingerprint density at radius 3 is 2.53 bits per heavy atom. The average Bonchev–Trinajstić information content (AvgIpc) is 3.25. The first kappa shape index (κ1) is 33.8. The van der Waals surface area contributed by atoms with Crippen molar-refractivity contribution in [3.8, 4) is 0 Å². The van der Waals surface area contributed by atoms with Crippen LogP contribution < -0.4 is 15.5 Å². The third-order valence-electron chi connectivity index (χ3n) is 8.11. The van der Waals surface area contributed by atoms with Crippen LogP contribution in [0.25, 0.3) is 0 Å². The van der Waals surface area contributed by atoms with Crippen molar-refractivity contribution in [2.45, 2.75) is 45.0 Å². The average molecular weight is 654 g/mol. The second-order valence-corrected chi connectivity index (χ2v) is 12.1. The summed E-state index contributed by atoms with van der Waals surface area (Å²) in [4.78, 5) is 36.5. The minimum absolute atomic E-state index is 0.0431. The maximum atomic E-state index is 14.0. The molecule has 1 saturated heterocycles. The Bertz CT molecular complexity index is 1650. The van der Waals surface area contributed by atoms with Crippen LogP contribution in [0, 0.1) is 6.92 Å². The SMILES string of the molecule is Cc1ccc(CC(=O)Nc2ccc(N(C)CCN(C)C)c(C(F)(F)F)c2)cc1Nc1ncnc2c1N=C(N1CCC(F)CC1)N=CC2. The summed E-state index contributed by atoms with van der Waals surface area (Å²) in [6.45, 7) is 3.93. The molecule has 14 heteroatoms. The second kappa shape index (κ2) is 14.4. The van der Waals surface area contributed by atoms with Crippen molar-refractivity contribution < 1.29 is 22.4 Å². The van der Waals surface area contributed by atoms with E-state index in [-0.39, 0.29) is 17.8 Å². The number of hydrogen-bond acceptors (Lipinski definition) is 9. The number of halogens is 4. The molecule has 0 bridgehead atoms. The molecule has 0 unspecified atom stereocenters. The number of nitrogens with one attached hydrogen (secondary N) is 2. The van der Waals surface area contributed by atoms with Gasteiger partial charge in [0.05, 0.1) is 17.7 Å². The molecule has 1 aromatic heterocycles. The first-order chi connectivity index (χ1) is 22.4. The summed E-state index contributed by atoms with van der Waals surface area (Å²) in [7, 11) is 5.33. The summed E-state index contributed by atoms with van der Waals surface area (Å²) >= 11 is 0. The molecule has 1 fully saturated rings. The van der Waals surface area contributed by atoms with Crippen LogP contribution in [-0.2, 0) is 23.8 Å². The standard InChI is InChI=1S/C33H39F4N9O/c1-21-5-6-22(18-29(47)41-24-7-8-28(25(19-24)33(35,36)37)45(4)16-15-44(2)3)17-27(21)42-31-30-26(39-20-40-31)9-12-38-32(43-30)46-13-10-23(34)11-14-46/h5-8,12,17,19-20,23H,9-11,13-16,18H2,1-4H3,(H,41,47)(H,39,40,42). The molecule has 3 aromatic rings. The molecule has 0 aliphatic carbocycles. The van der Waals surface area contributed by atoms with Crippen LogP contribution in [-0.4, -0.2) is 91.3 Å². The fourth-order valence-corrected chi connectivity index (χ4v) is 5.39. The number of hydrogen-bond donors (Lipinski definition) is 2. The van der Waals surface area contributed by atoms with Crippen LogP contribution >= 0.6 is 0 Å². The van der Waals surface area contributed by atoms with Gasteiger partial charge < -0.3 is 25.3 Å². The van der Waals surface area contributed by atoms with Gasteiger partial charge in [0.1, 0.15) is 18.2 Å². The fraction of sp³-hybridized carbons (Fsp3) is 0.424. The molecule has 2 N–H and O–H groups in total. The van der Waals surface area contributed by atoms with Gasteiger partial charge in [-0.25, -0.2) is 24.3 Å². The van der Waals surface area contributed by atoms with Crippen molar-refractivity contribution >= 4 is 46.6 Å². The Labute approximate surface area is 271 Å². The van der Waals surface area contributed by atoms with Crippen LogP contribution in [0.2, 0.25) is 0 Å². The summed E-state index contributed by atoms with van der Waals surface area (Å²) in [5.74, 6) is 0.483. The van der Waals surface area contributed by atoms with E-state index in [4.69, 9.17) is 4.99 Å². The molecule has 3 heterocycles. The number of carbonyl (C=O) groups is 1. The molecule has 0 saturated carbocycles. The highest BCUT2D eigenvalue weighted by atomic mass is 19.4. The molecule has 0 spiro atoms. The molecule has 2 aliphatic rings. The normalized spacial score (nSPS) is 15.3. The number of guanidine groups is 1. The fourth-order valence-electron chi connectivity index (χ4n) is 5.39. The van der Waals surface area contributed by atoms with E-state index in [1.165, 1.54) is 18.5 Å². The van der Waals surface area contributed by atoms with Crippen LogP contribution in [0.15, 0.2) is 52.7 Å². The number of anilines is 4. The summed E-state index contributed by atoms with van der Waals surface area (Å²) in [5.41, 5.74) is 2.71. The van der Waals surface area contributed by atoms with Gasteiger partial charge in [-0.1, -0.05) is 12.1 Å². The van der Waals surface area contributed by atoms with Crippen LogP contribution in [0.1, 0.15) is 35.2 Å². The van der Waals surface area contributed by atoms with E-state index in [0.717, 1.165) is 11.6 Å². The van der Waals surface area contributed by atoms with E-state index in [2.05, 4.69) is 25.6 Å². The van der Waals surface area contributed by atoms with E-state index in [0.29, 0.717) is 79.9 Å². The van der Waals surface area contributed by atoms with Gasteiger partial charge in [-0.3, -0.25) is 4.79 Å². The van der Waals surface area contributed by atoms with Gasteiger partial charge in [0.2, 0.25) is 11.9 Å². The monoisotopic (exact) mass is 653 g/mol. The number of likely N-dealkylation sites (tertiary alicyclic amines) is 1. The molecule has 0 atom stereocenters. The number of nitrogens with zero attached hydrogens (tertiary/aromatic N) is 7. The maximum absolute atomic E-state index is 14.0. The molecule has 5 rings (SSSR count). The molecule has 1 amide bonds. The van der Waals surface area contributed by atoms with Gasteiger partial charge >= 0.3 is 6.18 Å². The second-order valence-electron chi connectivity index (χ2n) is 12.1. The number of piperidine rings is 1. The lowest BCUT2D eigenvalue weighted by Gasteiger charge is -2.29. The van der Waals surface area contributed by atoms with Crippen molar-refractivity contribution in [3.05, 3.63) is 65.1 Å². The van der Waals surface area contributed by atoms with Gasteiger partial charge in [0.25, 0.3) is 0 Å².